The largest absolute Gasteiger partial charge is 0.496 e. The molecule has 1 heterocycles. The maximum Gasteiger partial charge on any atom is 0.338 e. The smallest absolute Gasteiger partial charge is 0.338 e. The molecule has 3 amide bonds. The first-order valence-corrected chi connectivity index (χ1v) is 13.1. The van der Waals surface area contributed by atoms with Gasteiger partial charge in [0.25, 0.3) is 5.91 Å². The van der Waals surface area contributed by atoms with Crippen molar-refractivity contribution in [2.75, 3.05) is 32.7 Å². The number of urea groups is 1. The molecule has 0 saturated heterocycles. The van der Waals surface area contributed by atoms with Crippen LogP contribution in [0.25, 0.3) is 5.70 Å². The van der Waals surface area contributed by atoms with Crippen molar-refractivity contribution in [1.82, 2.24) is 10.2 Å². The molecule has 1 aliphatic heterocycles. The Morgan fingerprint density at radius 3 is 2.12 bits per heavy atom. The van der Waals surface area contributed by atoms with Gasteiger partial charge in [-0.1, -0.05) is 55.5 Å². The van der Waals surface area contributed by atoms with Gasteiger partial charge in [-0.3, -0.25) is 9.69 Å². The molecule has 1 atom stereocenters. The Morgan fingerprint density at radius 2 is 1.55 bits per heavy atom. The Kier molecular flexibility index (Phi) is 9.06. The summed E-state index contributed by atoms with van der Waals surface area (Å²) in [5, 5.41) is 5.84. The number of benzene rings is 3. The average molecular weight is 544 g/mol. The molecular weight excluding hydrogens is 510 g/mol. The number of nitrogens with one attached hydrogen (secondary N) is 2. The van der Waals surface area contributed by atoms with Crippen LogP contribution in [-0.2, 0) is 9.53 Å². The van der Waals surface area contributed by atoms with Crippen LogP contribution in [0.2, 0.25) is 0 Å². The van der Waals surface area contributed by atoms with Crippen LogP contribution in [0.1, 0.15) is 47.8 Å². The first-order chi connectivity index (χ1) is 19.4. The second kappa shape index (κ2) is 12.8. The van der Waals surface area contributed by atoms with E-state index in [0.717, 1.165) is 5.56 Å². The molecule has 0 radical (unpaired) electrons. The molecule has 3 aromatic rings. The predicted octanol–water partition coefficient (Wildman–Crippen LogP) is 5.41. The second-order valence-electron chi connectivity index (χ2n) is 9.00. The molecule has 4 rings (SSSR count). The number of methoxy groups -OCH3 is 2. The minimum Gasteiger partial charge on any atom is -0.496 e. The van der Waals surface area contributed by atoms with Crippen LogP contribution in [0.5, 0.6) is 11.5 Å². The van der Waals surface area contributed by atoms with Gasteiger partial charge >= 0.3 is 12.0 Å². The van der Waals surface area contributed by atoms with Gasteiger partial charge in [0.1, 0.15) is 17.1 Å². The molecule has 0 spiro atoms. The van der Waals surface area contributed by atoms with Crippen molar-refractivity contribution in [2.45, 2.75) is 26.3 Å². The first-order valence-electron chi connectivity index (χ1n) is 13.1. The monoisotopic (exact) mass is 543 g/mol. The minimum atomic E-state index is -0.756. The van der Waals surface area contributed by atoms with Gasteiger partial charge in [-0.05, 0) is 48.7 Å². The van der Waals surface area contributed by atoms with Crippen LogP contribution in [0.3, 0.4) is 0 Å². The van der Waals surface area contributed by atoms with Crippen molar-refractivity contribution in [3.8, 4) is 11.5 Å². The Hall–Kier alpha value is -4.79. The highest BCUT2D eigenvalue weighted by molar-refractivity contribution is 6.08. The predicted molar refractivity (Wildman–Crippen MR) is 152 cm³/mol. The van der Waals surface area contributed by atoms with Gasteiger partial charge in [0.05, 0.1) is 38.1 Å². The van der Waals surface area contributed by atoms with E-state index >= 15 is 0 Å². The maximum atomic E-state index is 13.4. The van der Waals surface area contributed by atoms with Gasteiger partial charge in [0.2, 0.25) is 0 Å². The molecule has 0 saturated carbocycles. The molecule has 208 valence electrons. The topological polar surface area (TPSA) is 106 Å². The Bertz CT molecular complexity index is 1380. The van der Waals surface area contributed by atoms with Gasteiger partial charge in [-0.15, -0.1) is 0 Å². The van der Waals surface area contributed by atoms with Crippen molar-refractivity contribution in [1.29, 1.82) is 0 Å². The number of nitrogens with zero attached hydrogens (tertiary/aromatic N) is 1. The number of carbonyl (C=O) groups excluding carboxylic acids is 3. The number of hydrogen-bond acceptors (Lipinski definition) is 6. The third-order valence-corrected chi connectivity index (χ3v) is 6.47. The molecule has 0 aromatic heterocycles. The van der Waals surface area contributed by atoms with Gasteiger partial charge in [-0.25, -0.2) is 9.59 Å². The fraction of sp³-hybridized carbons (Fsp3) is 0.258. The van der Waals surface area contributed by atoms with E-state index in [9.17, 15) is 14.4 Å². The Balaban J connectivity index is 1.72. The van der Waals surface area contributed by atoms with Crippen LogP contribution in [0.4, 0.5) is 10.5 Å². The normalized spacial score (nSPS) is 14.8. The molecule has 1 unspecified atom stereocenters. The third kappa shape index (κ3) is 5.78. The lowest BCUT2D eigenvalue weighted by atomic mass is 9.91. The average Bonchev–Trinajstić information content (AvgIpc) is 2.98. The summed E-state index contributed by atoms with van der Waals surface area (Å²) in [6.07, 6.45) is 0.704. The Labute approximate surface area is 233 Å². The minimum absolute atomic E-state index is 0.191. The molecule has 2 N–H and O–H groups in total. The van der Waals surface area contributed by atoms with Crippen molar-refractivity contribution in [3.63, 3.8) is 0 Å². The van der Waals surface area contributed by atoms with Crippen LogP contribution >= 0.6 is 0 Å². The van der Waals surface area contributed by atoms with Crippen molar-refractivity contribution < 1.29 is 28.6 Å². The molecule has 9 heteroatoms. The lowest BCUT2D eigenvalue weighted by Gasteiger charge is -2.36. The van der Waals surface area contributed by atoms with Gasteiger partial charge < -0.3 is 24.8 Å². The summed E-state index contributed by atoms with van der Waals surface area (Å²) in [6.45, 7) is 4.34. The molecule has 1 aliphatic rings. The molecule has 0 fully saturated rings. The number of amides is 3. The van der Waals surface area contributed by atoms with Crippen molar-refractivity contribution in [3.05, 3.63) is 95.1 Å². The fourth-order valence-corrected chi connectivity index (χ4v) is 4.70. The Morgan fingerprint density at radius 1 is 0.900 bits per heavy atom. The lowest BCUT2D eigenvalue weighted by Crippen LogP contribution is -2.48. The van der Waals surface area contributed by atoms with E-state index in [1.54, 1.807) is 54.3 Å². The summed E-state index contributed by atoms with van der Waals surface area (Å²) in [7, 11) is 2.97. The van der Waals surface area contributed by atoms with Crippen LogP contribution in [-0.4, -0.2) is 50.2 Å². The highest BCUT2D eigenvalue weighted by Crippen LogP contribution is 2.37. The van der Waals surface area contributed by atoms with Gasteiger partial charge in [0, 0.05) is 12.2 Å². The second-order valence-corrected chi connectivity index (χ2v) is 9.00. The van der Waals surface area contributed by atoms with Gasteiger partial charge in [-0.2, -0.15) is 0 Å². The quantitative estimate of drug-likeness (QED) is 0.332. The van der Waals surface area contributed by atoms with Crippen LogP contribution < -0.4 is 20.1 Å². The number of esters is 1. The third-order valence-electron chi connectivity index (χ3n) is 6.47. The van der Waals surface area contributed by atoms with Gasteiger partial charge in [0.15, 0.2) is 0 Å². The summed E-state index contributed by atoms with van der Waals surface area (Å²) in [5.74, 6) is -0.143. The molecular formula is C31H33N3O6. The van der Waals surface area contributed by atoms with E-state index in [0.29, 0.717) is 47.0 Å². The zero-order valence-electron chi connectivity index (χ0n) is 23.0. The zero-order valence-corrected chi connectivity index (χ0v) is 23.0. The summed E-state index contributed by atoms with van der Waals surface area (Å²) < 4.78 is 16.2. The highest BCUT2D eigenvalue weighted by Gasteiger charge is 2.38. The number of anilines is 1. The maximum absolute atomic E-state index is 13.4. The molecule has 3 aromatic carbocycles. The number of rotatable bonds is 10. The summed E-state index contributed by atoms with van der Waals surface area (Å²) >= 11 is 0. The van der Waals surface area contributed by atoms with Crippen molar-refractivity contribution >= 4 is 29.3 Å². The number of hydrogen-bond donors (Lipinski definition) is 2. The van der Waals surface area contributed by atoms with Crippen LogP contribution in [0.15, 0.2) is 78.4 Å². The standard InChI is InChI=1S/C31H33N3O6/c1-5-19-34-28(21-11-8-7-9-12-21)26(30(36)40-6-2)27(33-31(34)37)20-15-17-22(18-16-20)32-29(35)25-23(38-3)13-10-14-24(25)39-4/h7-18,27H,5-6,19H2,1-4H3,(H,32,35)(H,33,37). The molecule has 0 aliphatic carbocycles. The van der Waals surface area contributed by atoms with E-state index in [1.165, 1.54) is 14.2 Å². The first kappa shape index (κ1) is 28.2. The highest BCUT2D eigenvalue weighted by atomic mass is 16.5. The lowest BCUT2D eigenvalue weighted by molar-refractivity contribution is -0.138. The summed E-state index contributed by atoms with van der Waals surface area (Å²) in [6, 6.07) is 20.3. The molecule has 0 bridgehead atoms. The van der Waals surface area contributed by atoms with E-state index < -0.39 is 17.9 Å². The summed E-state index contributed by atoms with van der Waals surface area (Å²) in [5.41, 5.74) is 3.06. The van der Waals surface area contributed by atoms with Crippen LogP contribution in [0, 0.1) is 0 Å². The number of ether oxygens (including phenoxy) is 3. The summed E-state index contributed by atoms with van der Waals surface area (Å²) in [4.78, 5) is 41.4. The van der Waals surface area contributed by atoms with E-state index in [1.807, 2.05) is 37.3 Å². The zero-order chi connectivity index (χ0) is 28.6. The molecule has 9 nitrogen and oxygen atoms in total. The SMILES string of the molecule is CCCN1C(=O)NC(c2ccc(NC(=O)c3c(OC)cccc3OC)cc2)C(C(=O)OCC)=C1c1ccccc1. The van der Waals surface area contributed by atoms with Crippen molar-refractivity contribution in [2.24, 2.45) is 0 Å². The van der Waals surface area contributed by atoms with E-state index in [2.05, 4.69) is 10.6 Å². The van der Waals surface area contributed by atoms with E-state index in [4.69, 9.17) is 14.2 Å². The molecule has 40 heavy (non-hydrogen) atoms. The van der Waals surface area contributed by atoms with E-state index in [-0.39, 0.29) is 18.2 Å². The fourth-order valence-electron chi connectivity index (χ4n) is 4.70. The number of carbonyl (C=O) groups is 3.